The molecule has 1 fully saturated rings. The number of pyridine rings is 1. The summed E-state index contributed by atoms with van der Waals surface area (Å²) < 4.78 is 5.11. The number of carbonyl (C=O) groups is 2. The minimum absolute atomic E-state index is 0.0392. The number of aromatic amines is 1. The maximum atomic E-state index is 13.4. The number of ether oxygens (including phenoxy) is 1. The van der Waals surface area contributed by atoms with Crippen molar-refractivity contribution in [1.29, 1.82) is 5.41 Å². The Morgan fingerprint density at radius 1 is 1.11 bits per heavy atom. The van der Waals surface area contributed by atoms with Gasteiger partial charge in [0.15, 0.2) is 0 Å². The SMILES string of the molecule is COC(=O)C(Cc1cccc(C(=N)N)c1)C1CCCN1C(=O)c1ccc(-c2cc[nH]c(=O)c2)cc1. The zero-order valence-corrected chi connectivity index (χ0v) is 19.5. The van der Waals surface area contributed by atoms with Crippen molar-refractivity contribution in [2.24, 2.45) is 11.7 Å². The predicted octanol–water partition coefficient (Wildman–Crippen LogP) is 2.96. The lowest BCUT2D eigenvalue weighted by Gasteiger charge is -2.30. The van der Waals surface area contributed by atoms with Crippen molar-refractivity contribution in [3.63, 3.8) is 0 Å². The topological polar surface area (TPSA) is 129 Å². The molecule has 180 valence electrons. The number of carbonyl (C=O) groups excluding carboxylic acids is 2. The zero-order valence-electron chi connectivity index (χ0n) is 19.5. The summed E-state index contributed by atoms with van der Waals surface area (Å²) in [5, 5.41) is 7.68. The highest BCUT2D eigenvalue weighted by Gasteiger charge is 2.39. The molecule has 1 aliphatic heterocycles. The molecule has 1 aromatic heterocycles. The number of rotatable bonds is 7. The van der Waals surface area contributed by atoms with Crippen molar-refractivity contribution in [3.05, 3.63) is 93.9 Å². The number of nitrogen functional groups attached to an aromatic ring is 1. The number of amidine groups is 1. The predicted molar refractivity (Wildman–Crippen MR) is 133 cm³/mol. The van der Waals surface area contributed by atoms with E-state index in [0.29, 0.717) is 30.5 Å². The summed E-state index contributed by atoms with van der Waals surface area (Å²) in [5.74, 6) is -1.09. The Balaban J connectivity index is 1.56. The highest BCUT2D eigenvalue weighted by molar-refractivity contribution is 5.96. The van der Waals surface area contributed by atoms with E-state index in [2.05, 4.69) is 4.98 Å². The number of hydrogen-bond donors (Lipinski definition) is 3. The largest absolute Gasteiger partial charge is 0.469 e. The number of benzene rings is 2. The van der Waals surface area contributed by atoms with Crippen LogP contribution in [-0.4, -0.2) is 47.3 Å². The lowest BCUT2D eigenvalue weighted by molar-refractivity contribution is -0.147. The summed E-state index contributed by atoms with van der Waals surface area (Å²) in [4.78, 5) is 42.2. The van der Waals surface area contributed by atoms with Crippen LogP contribution in [0.15, 0.2) is 71.7 Å². The Morgan fingerprint density at radius 3 is 2.57 bits per heavy atom. The average molecular weight is 473 g/mol. The van der Waals surface area contributed by atoms with Gasteiger partial charge < -0.3 is 20.4 Å². The molecule has 8 heteroatoms. The quantitative estimate of drug-likeness (QED) is 0.277. The molecule has 1 aliphatic rings. The summed E-state index contributed by atoms with van der Waals surface area (Å²) in [6.07, 6.45) is 3.46. The van der Waals surface area contributed by atoms with E-state index in [1.165, 1.54) is 13.2 Å². The molecular weight excluding hydrogens is 444 g/mol. The van der Waals surface area contributed by atoms with E-state index < -0.39 is 5.92 Å². The van der Waals surface area contributed by atoms with E-state index in [1.54, 1.807) is 47.5 Å². The molecule has 2 unspecified atom stereocenters. The molecule has 1 saturated heterocycles. The van der Waals surface area contributed by atoms with E-state index in [4.69, 9.17) is 15.9 Å². The molecule has 2 atom stereocenters. The van der Waals surface area contributed by atoms with Crippen LogP contribution in [-0.2, 0) is 16.0 Å². The molecular formula is C27H28N4O4. The van der Waals surface area contributed by atoms with Crippen LogP contribution in [0.4, 0.5) is 0 Å². The van der Waals surface area contributed by atoms with Gasteiger partial charge in [-0.25, -0.2) is 0 Å². The van der Waals surface area contributed by atoms with Gasteiger partial charge in [0.1, 0.15) is 5.84 Å². The molecule has 1 amide bonds. The van der Waals surface area contributed by atoms with Crippen LogP contribution in [0.2, 0.25) is 0 Å². The van der Waals surface area contributed by atoms with Gasteiger partial charge in [-0.15, -0.1) is 0 Å². The number of aromatic nitrogens is 1. The average Bonchev–Trinajstić information content (AvgIpc) is 3.36. The monoisotopic (exact) mass is 472 g/mol. The Morgan fingerprint density at radius 2 is 1.89 bits per heavy atom. The van der Waals surface area contributed by atoms with Gasteiger partial charge in [-0.3, -0.25) is 19.8 Å². The molecule has 0 aliphatic carbocycles. The summed E-state index contributed by atoms with van der Waals surface area (Å²) in [7, 11) is 1.36. The van der Waals surface area contributed by atoms with Crippen molar-refractivity contribution < 1.29 is 14.3 Å². The Kier molecular flexibility index (Phi) is 7.10. The molecule has 0 bridgehead atoms. The molecule has 0 radical (unpaired) electrons. The molecule has 0 spiro atoms. The molecule has 2 heterocycles. The van der Waals surface area contributed by atoms with Crippen molar-refractivity contribution in [3.8, 4) is 11.1 Å². The first-order valence-corrected chi connectivity index (χ1v) is 11.5. The lowest BCUT2D eigenvalue weighted by atomic mass is 9.89. The van der Waals surface area contributed by atoms with Crippen LogP contribution >= 0.6 is 0 Å². The third-order valence-corrected chi connectivity index (χ3v) is 6.46. The summed E-state index contributed by atoms with van der Waals surface area (Å²) in [6.45, 7) is 0.556. The van der Waals surface area contributed by atoms with Gasteiger partial charge in [-0.1, -0.05) is 30.3 Å². The number of amides is 1. The third kappa shape index (κ3) is 5.32. The molecule has 0 saturated carbocycles. The fourth-order valence-corrected chi connectivity index (χ4v) is 4.71. The van der Waals surface area contributed by atoms with Crippen molar-refractivity contribution in [1.82, 2.24) is 9.88 Å². The second-order valence-electron chi connectivity index (χ2n) is 8.67. The van der Waals surface area contributed by atoms with E-state index in [-0.39, 0.29) is 29.3 Å². The number of esters is 1. The Hall–Kier alpha value is -4.20. The number of H-pyrrole nitrogens is 1. The van der Waals surface area contributed by atoms with Crippen LogP contribution in [0.25, 0.3) is 11.1 Å². The lowest BCUT2D eigenvalue weighted by Crippen LogP contribution is -2.44. The minimum atomic E-state index is -0.538. The van der Waals surface area contributed by atoms with E-state index >= 15 is 0 Å². The first-order chi connectivity index (χ1) is 16.9. The van der Waals surface area contributed by atoms with Crippen molar-refractivity contribution in [2.75, 3.05) is 13.7 Å². The van der Waals surface area contributed by atoms with Gasteiger partial charge in [-0.2, -0.15) is 0 Å². The first-order valence-electron chi connectivity index (χ1n) is 11.5. The second kappa shape index (κ2) is 10.4. The maximum Gasteiger partial charge on any atom is 0.311 e. The van der Waals surface area contributed by atoms with Crippen molar-refractivity contribution in [2.45, 2.75) is 25.3 Å². The maximum absolute atomic E-state index is 13.4. The Bertz CT molecular complexity index is 1300. The van der Waals surface area contributed by atoms with E-state index in [0.717, 1.165) is 23.1 Å². The summed E-state index contributed by atoms with van der Waals surface area (Å²) in [5.41, 5.74) is 9.01. The molecule has 35 heavy (non-hydrogen) atoms. The molecule has 4 N–H and O–H groups in total. The third-order valence-electron chi connectivity index (χ3n) is 6.46. The van der Waals surface area contributed by atoms with Crippen LogP contribution < -0.4 is 11.3 Å². The number of hydrogen-bond acceptors (Lipinski definition) is 5. The smallest absolute Gasteiger partial charge is 0.311 e. The van der Waals surface area contributed by atoms with Gasteiger partial charge >= 0.3 is 5.97 Å². The first kappa shape index (κ1) is 23.9. The molecule has 4 rings (SSSR count). The van der Waals surface area contributed by atoms with Gasteiger partial charge in [0.2, 0.25) is 5.56 Å². The standard InChI is InChI=1S/C27H28N4O4/c1-35-27(34)22(15-17-4-2-5-21(14-17)25(28)29)23-6-3-13-31(23)26(33)19-9-7-18(8-10-19)20-11-12-30-24(32)16-20/h2,4-5,7-12,14,16,22-23H,3,6,13,15H2,1H3,(H3,28,29)(H,30,32). The highest BCUT2D eigenvalue weighted by Crippen LogP contribution is 2.30. The molecule has 2 aromatic carbocycles. The van der Waals surface area contributed by atoms with Gasteiger partial charge in [-0.05, 0) is 60.2 Å². The highest BCUT2D eigenvalue weighted by atomic mass is 16.5. The van der Waals surface area contributed by atoms with Crippen LogP contribution in [0.5, 0.6) is 0 Å². The van der Waals surface area contributed by atoms with Gasteiger partial charge in [0, 0.05) is 36.0 Å². The molecule has 8 nitrogen and oxygen atoms in total. The van der Waals surface area contributed by atoms with Crippen molar-refractivity contribution >= 4 is 17.7 Å². The zero-order chi connectivity index (χ0) is 24.9. The number of methoxy groups -OCH3 is 1. The van der Waals surface area contributed by atoms with Crippen LogP contribution in [0.3, 0.4) is 0 Å². The summed E-state index contributed by atoms with van der Waals surface area (Å²) in [6, 6.07) is 17.4. The summed E-state index contributed by atoms with van der Waals surface area (Å²) >= 11 is 0. The number of likely N-dealkylation sites (tertiary alicyclic amines) is 1. The number of nitrogens with zero attached hydrogens (tertiary/aromatic N) is 1. The number of nitrogens with one attached hydrogen (secondary N) is 2. The van der Waals surface area contributed by atoms with E-state index in [9.17, 15) is 14.4 Å². The van der Waals surface area contributed by atoms with Gasteiger partial charge in [0.05, 0.1) is 13.0 Å². The van der Waals surface area contributed by atoms with Crippen LogP contribution in [0, 0.1) is 11.3 Å². The van der Waals surface area contributed by atoms with E-state index in [1.807, 2.05) is 18.2 Å². The number of nitrogens with two attached hydrogens (primary N) is 1. The minimum Gasteiger partial charge on any atom is -0.469 e. The fraction of sp³-hybridized carbons (Fsp3) is 0.259. The fourth-order valence-electron chi connectivity index (χ4n) is 4.71. The normalized spacial score (nSPS) is 16.0. The Labute approximate surface area is 203 Å². The van der Waals surface area contributed by atoms with Crippen LogP contribution in [0.1, 0.15) is 34.3 Å². The second-order valence-corrected chi connectivity index (χ2v) is 8.67. The van der Waals surface area contributed by atoms with Gasteiger partial charge in [0.25, 0.3) is 5.91 Å². The molecule has 3 aromatic rings.